The van der Waals surface area contributed by atoms with Gasteiger partial charge in [-0.15, -0.1) is 0 Å². The molecule has 0 radical (unpaired) electrons. The van der Waals surface area contributed by atoms with Gasteiger partial charge >= 0.3 is 0 Å². The predicted octanol–water partition coefficient (Wildman–Crippen LogP) is 1.61. The van der Waals surface area contributed by atoms with Crippen molar-refractivity contribution in [2.45, 2.75) is 72.4 Å². The lowest BCUT2D eigenvalue weighted by Crippen LogP contribution is -2.62. The monoisotopic (exact) mass is 408 g/mol. The van der Waals surface area contributed by atoms with Crippen molar-refractivity contribution in [3.8, 4) is 0 Å². The first kappa shape index (κ1) is 23.6. The van der Waals surface area contributed by atoms with Gasteiger partial charge in [-0.1, -0.05) is 34.6 Å². The van der Waals surface area contributed by atoms with Crippen LogP contribution < -0.4 is 11.1 Å². The van der Waals surface area contributed by atoms with E-state index in [0.717, 1.165) is 25.8 Å². The maximum Gasteiger partial charge on any atom is 0.245 e. The lowest BCUT2D eigenvalue weighted by molar-refractivity contribution is -0.150. The van der Waals surface area contributed by atoms with Crippen LogP contribution in [0.4, 0.5) is 0 Å². The average molecular weight is 409 g/mol. The molecule has 2 heterocycles. The molecule has 0 aliphatic carbocycles. The number of rotatable bonds is 8. The zero-order valence-corrected chi connectivity index (χ0v) is 18.8. The molecule has 2 rings (SSSR count). The van der Waals surface area contributed by atoms with Crippen LogP contribution in [0, 0.1) is 23.7 Å². The molecule has 3 atom stereocenters. The van der Waals surface area contributed by atoms with Crippen LogP contribution in [-0.4, -0.2) is 65.8 Å². The van der Waals surface area contributed by atoms with Gasteiger partial charge in [0.15, 0.2) is 0 Å². The van der Waals surface area contributed by atoms with E-state index >= 15 is 0 Å². The van der Waals surface area contributed by atoms with E-state index in [9.17, 15) is 14.4 Å². The molecule has 2 fully saturated rings. The van der Waals surface area contributed by atoms with Crippen LogP contribution in [0.2, 0.25) is 0 Å². The van der Waals surface area contributed by atoms with Gasteiger partial charge in [0.1, 0.15) is 6.04 Å². The van der Waals surface area contributed by atoms with Crippen molar-refractivity contribution < 1.29 is 14.4 Å². The van der Waals surface area contributed by atoms with E-state index in [1.165, 1.54) is 0 Å². The number of hydrogen-bond donors (Lipinski definition) is 2. The molecule has 0 saturated carbocycles. The number of carbonyl (C=O) groups is 3. The van der Waals surface area contributed by atoms with E-state index in [2.05, 4.69) is 33.0 Å². The van der Waals surface area contributed by atoms with Crippen LogP contribution in [0.25, 0.3) is 0 Å². The highest BCUT2D eigenvalue weighted by molar-refractivity contribution is 5.90. The summed E-state index contributed by atoms with van der Waals surface area (Å²) in [5.41, 5.74) is 5.45. The molecule has 0 spiro atoms. The van der Waals surface area contributed by atoms with Gasteiger partial charge in [-0.3, -0.25) is 14.4 Å². The van der Waals surface area contributed by atoms with Crippen molar-refractivity contribution in [1.29, 1.82) is 0 Å². The van der Waals surface area contributed by atoms with Gasteiger partial charge in [0.25, 0.3) is 0 Å². The number of nitrogens with one attached hydrogen (secondary N) is 1. The first-order valence-corrected chi connectivity index (χ1v) is 11.2. The van der Waals surface area contributed by atoms with Crippen LogP contribution in [0.1, 0.15) is 60.3 Å². The van der Waals surface area contributed by atoms with E-state index in [-0.39, 0.29) is 35.6 Å². The highest BCUT2D eigenvalue weighted by Gasteiger charge is 2.39. The molecule has 2 aliphatic rings. The maximum atomic E-state index is 13.4. The predicted molar refractivity (Wildman–Crippen MR) is 114 cm³/mol. The molecule has 166 valence electrons. The number of likely N-dealkylation sites (tertiary alicyclic amines) is 1. The van der Waals surface area contributed by atoms with E-state index in [4.69, 9.17) is 5.73 Å². The fraction of sp³-hybridized carbons (Fsp3) is 0.864. The van der Waals surface area contributed by atoms with Crippen molar-refractivity contribution in [2.24, 2.45) is 29.4 Å². The Morgan fingerprint density at radius 2 is 1.69 bits per heavy atom. The molecule has 29 heavy (non-hydrogen) atoms. The highest BCUT2D eigenvalue weighted by atomic mass is 16.2. The van der Waals surface area contributed by atoms with Gasteiger partial charge in [0.2, 0.25) is 17.7 Å². The first-order valence-electron chi connectivity index (χ1n) is 11.2. The Balaban J connectivity index is 2.08. The zero-order valence-electron chi connectivity index (χ0n) is 18.8. The quantitative estimate of drug-likeness (QED) is 0.638. The summed E-state index contributed by atoms with van der Waals surface area (Å²) in [5.74, 6) is 0.657. The summed E-state index contributed by atoms with van der Waals surface area (Å²) in [5, 5.41) is 3.33. The smallest absolute Gasteiger partial charge is 0.245 e. The number of piperidine rings is 1. The van der Waals surface area contributed by atoms with Gasteiger partial charge in [-0.25, -0.2) is 0 Å². The van der Waals surface area contributed by atoms with Gasteiger partial charge < -0.3 is 20.9 Å². The number of amides is 3. The Morgan fingerprint density at radius 3 is 2.21 bits per heavy atom. The minimum absolute atomic E-state index is 0.0567. The van der Waals surface area contributed by atoms with Crippen molar-refractivity contribution in [2.75, 3.05) is 26.2 Å². The lowest BCUT2D eigenvalue weighted by Gasteiger charge is -2.42. The SMILES string of the molecule is CC(C)CC1NCCN(C(CC(C)C)C(=O)N2CCC(C(C)C(N)=O)CC2)C1=O. The minimum atomic E-state index is -0.399. The number of piperazine rings is 1. The zero-order chi connectivity index (χ0) is 21.7. The third kappa shape index (κ3) is 6.17. The summed E-state index contributed by atoms with van der Waals surface area (Å²) in [7, 11) is 0. The van der Waals surface area contributed by atoms with Gasteiger partial charge in [-0.05, 0) is 43.4 Å². The average Bonchev–Trinajstić information content (AvgIpc) is 2.66. The largest absolute Gasteiger partial charge is 0.369 e. The summed E-state index contributed by atoms with van der Waals surface area (Å²) >= 11 is 0. The third-order valence-corrected chi connectivity index (χ3v) is 6.39. The van der Waals surface area contributed by atoms with Crippen LogP contribution in [0.15, 0.2) is 0 Å². The molecule has 3 amide bonds. The van der Waals surface area contributed by atoms with Crippen molar-refractivity contribution in [3.05, 3.63) is 0 Å². The Labute approximate surface area is 175 Å². The molecule has 7 heteroatoms. The molecular weight excluding hydrogens is 368 g/mol. The molecule has 0 aromatic rings. The summed E-state index contributed by atoms with van der Waals surface area (Å²) in [6, 6.07) is -0.599. The van der Waals surface area contributed by atoms with E-state index in [1.54, 1.807) is 0 Å². The summed E-state index contributed by atoms with van der Waals surface area (Å²) in [6.45, 7) is 12.9. The molecule has 0 bridgehead atoms. The Morgan fingerprint density at radius 1 is 1.07 bits per heavy atom. The molecule has 7 nitrogen and oxygen atoms in total. The third-order valence-electron chi connectivity index (χ3n) is 6.39. The summed E-state index contributed by atoms with van der Waals surface area (Å²) in [6.07, 6.45) is 3.04. The van der Waals surface area contributed by atoms with E-state index < -0.39 is 6.04 Å². The number of carbonyl (C=O) groups excluding carboxylic acids is 3. The van der Waals surface area contributed by atoms with E-state index in [0.29, 0.717) is 37.9 Å². The van der Waals surface area contributed by atoms with Gasteiger partial charge in [0.05, 0.1) is 6.04 Å². The Bertz CT molecular complexity index is 585. The topological polar surface area (TPSA) is 95.7 Å². The molecule has 3 N–H and O–H groups in total. The fourth-order valence-electron chi connectivity index (χ4n) is 4.59. The number of nitrogens with zero attached hydrogens (tertiary/aromatic N) is 2. The molecule has 2 aliphatic heterocycles. The number of primary amides is 1. The van der Waals surface area contributed by atoms with Crippen molar-refractivity contribution >= 4 is 17.7 Å². The van der Waals surface area contributed by atoms with Crippen LogP contribution in [0.3, 0.4) is 0 Å². The second-order valence-corrected chi connectivity index (χ2v) is 9.67. The Kier molecular flexibility index (Phi) is 8.49. The summed E-state index contributed by atoms with van der Waals surface area (Å²) < 4.78 is 0. The number of nitrogens with two attached hydrogens (primary N) is 1. The lowest BCUT2D eigenvalue weighted by atomic mass is 9.84. The van der Waals surface area contributed by atoms with Crippen LogP contribution in [-0.2, 0) is 14.4 Å². The van der Waals surface area contributed by atoms with Gasteiger partial charge in [0, 0.05) is 32.1 Å². The van der Waals surface area contributed by atoms with Crippen molar-refractivity contribution in [3.63, 3.8) is 0 Å². The fourth-order valence-corrected chi connectivity index (χ4v) is 4.59. The highest BCUT2D eigenvalue weighted by Crippen LogP contribution is 2.27. The second kappa shape index (κ2) is 10.4. The molecule has 2 saturated heterocycles. The first-order chi connectivity index (χ1) is 13.6. The standard InChI is InChI=1S/C22H40N4O3/c1-14(2)12-18-21(28)26(11-8-24-18)19(13-15(3)4)22(29)25-9-6-17(7-10-25)16(5)20(23)27/h14-19,24H,6-13H2,1-5H3,(H2,23,27). The normalized spacial score (nSPS) is 23.6. The Hall–Kier alpha value is -1.63. The summed E-state index contributed by atoms with van der Waals surface area (Å²) in [4.78, 5) is 41.8. The van der Waals surface area contributed by atoms with Crippen LogP contribution in [0.5, 0.6) is 0 Å². The van der Waals surface area contributed by atoms with Crippen LogP contribution >= 0.6 is 0 Å². The molecule has 0 aromatic heterocycles. The van der Waals surface area contributed by atoms with Crippen molar-refractivity contribution in [1.82, 2.24) is 15.1 Å². The molecular formula is C22H40N4O3. The minimum Gasteiger partial charge on any atom is -0.369 e. The maximum absolute atomic E-state index is 13.4. The second-order valence-electron chi connectivity index (χ2n) is 9.67. The van der Waals surface area contributed by atoms with Gasteiger partial charge in [-0.2, -0.15) is 0 Å². The van der Waals surface area contributed by atoms with E-state index in [1.807, 2.05) is 16.7 Å². The number of hydrogen-bond acceptors (Lipinski definition) is 4. The molecule has 3 unspecified atom stereocenters. The molecule has 0 aromatic carbocycles.